The number of ether oxygens (including phenoxy) is 1. The number of nitrogens with zero attached hydrogens (tertiary/aromatic N) is 4. The van der Waals surface area contributed by atoms with E-state index in [9.17, 15) is 4.79 Å². The smallest absolute Gasteiger partial charge is 0.222 e. The van der Waals surface area contributed by atoms with E-state index in [4.69, 9.17) is 16.1 Å². The Kier molecular flexibility index (Phi) is 7.07. The Morgan fingerprint density at radius 2 is 2.14 bits per heavy atom. The van der Waals surface area contributed by atoms with Crippen molar-refractivity contribution >= 4 is 11.7 Å². The van der Waals surface area contributed by atoms with Crippen LogP contribution in [0.1, 0.15) is 32.1 Å². The van der Waals surface area contributed by atoms with Gasteiger partial charge < -0.3 is 14.5 Å². The number of methoxy groups -OCH3 is 1. The molecule has 1 aliphatic rings. The summed E-state index contributed by atoms with van der Waals surface area (Å²) in [7, 11) is 3.69. The predicted molar refractivity (Wildman–Crippen MR) is 115 cm³/mol. The molecule has 2 heterocycles. The summed E-state index contributed by atoms with van der Waals surface area (Å²) in [6.45, 7) is 1.54. The molecule has 6 nitrogen and oxygen atoms in total. The Morgan fingerprint density at radius 1 is 1.34 bits per heavy atom. The molecule has 1 unspecified atom stereocenters. The van der Waals surface area contributed by atoms with Crippen molar-refractivity contribution in [1.82, 2.24) is 14.9 Å². The molecule has 29 heavy (non-hydrogen) atoms. The molecule has 2 aromatic rings. The molecule has 3 rings (SSSR count). The lowest BCUT2D eigenvalue weighted by atomic mass is 10.0. The quantitative estimate of drug-likeness (QED) is 0.534. The maximum atomic E-state index is 12.5. The fourth-order valence-corrected chi connectivity index (χ4v) is 3.61. The van der Waals surface area contributed by atoms with Gasteiger partial charge in [-0.2, -0.15) is 0 Å². The van der Waals surface area contributed by atoms with Gasteiger partial charge in [0.2, 0.25) is 5.91 Å². The molecule has 1 aliphatic heterocycles. The third-order valence-electron chi connectivity index (χ3n) is 5.36. The van der Waals surface area contributed by atoms with E-state index in [0.717, 1.165) is 42.9 Å². The zero-order chi connectivity index (χ0) is 20.6. The van der Waals surface area contributed by atoms with Gasteiger partial charge in [0.05, 0.1) is 7.11 Å². The molecule has 1 amide bonds. The summed E-state index contributed by atoms with van der Waals surface area (Å²) in [5.41, 5.74) is 0.940. The molecule has 0 bridgehead atoms. The highest BCUT2D eigenvalue weighted by atomic mass is 16.5. The van der Waals surface area contributed by atoms with Crippen molar-refractivity contribution in [3.05, 3.63) is 36.5 Å². The fraction of sp³-hybridized carbons (Fsp3) is 0.435. The second-order valence-electron chi connectivity index (χ2n) is 7.27. The number of unbranched alkanes of at least 4 members (excludes halogenated alkanes) is 1. The summed E-state index contributed by atoms with van der Waals surface area (Å²) in [5, 5.41) is 0. The van der Waals surface area contributed by atoms with Crippen molar-refractivity contribution in [1.29, 1.82) is 0 Å². The third kappa shape index (κ3) is 5.26. The first-order valence-electron chi connectivity index (χ1n) is 10.0. The molecule has 0 N–H and O–H groups in total. The molecular formula is C23H28N4O2. The summed E-state index contributed by atoms with van der Waals surface area (Å²) in [6, 6.07) is 9.86. The van der Waals surface area contributed by atoms with E-state index in [1.165, 1.54) is 0 Å². The highest BCUT2D eigenvalue weighted by molar-refractivity contribution is 5.76. The van der Waals surface area contributed by atoms with Gasteiger partial charge in [0, 0.05) is 50.8 Å². The maximum Gasteiger partial charge on any atom is 0.222 e. The van der Waals surface area contributed by atoms with E-state index in [1.807, 2.05) is 42.3 Å². The van der Waals surface area contributed by atoms with Crippen molar-refractivity contribution in [2.45, 2.75) is 38.1 Å². The Labute approximate surface area is 172 Å². The zero-order valence-electron chi connectivity index (χ0n) is 17.2. The minimum Gasteiger partial charge on any atom is -0.497 e. The van der Waals surface area contributed by atoms with Gasteiger partial charge in [0.15, 0.2) is 5.82 Å². The molecule has 0 spiro atoms. The summed E-state index contributed by atoms with van der Waals surface area (Å²) in [4.78, 5) is 25.8. The lowest BCUT2D eigenvalue weighted by Crippen LogP contribution is -2.49. The summed E-state index contributed by atoms with van der Waals surface area (Å²) >= 11 is 0. The van der Waals surface area contributed by atoms with E-state index < -0.39 is 0 Å². The Hall–Kier alpha value is -3.07. The van der Waals surface area contributed by atoms with E-state index >= 15 is 0 Å². The molecule has 152 valence electrons. The average Bonchev–Trinajstić information content (AvgIpc) is 2.79. The normalized spacial score (nSPS) is 16.2. The number of amides is 1. The highest BCUT2D eigenvalue weighted by Crippen LogP contribution is 2.24. The highest BCUT2D eigenvalue weighted by Gasteiger charge is 2.26. The van der Waals surface area contributed by atoms with Crippen LogP contribution < -0.4 is 9.64 Å². The molecule has 6 heteroatoms. The first-order valence-corrected chi connectivity index (χ1v) is 10.0. The van der Waals surface area contributed by atoms with Crippen LogP contribution in [0.15, 0.2) is 36.5 Å². The lowest BCUT2D eigenvalue weighted by molar-refractivity contribution is -0.132. The van der Waals surface area contributed by atoms with Crippen molar-refractivity contribution < 1.29 is 9.53 Å². The molecule has 1 aromatic heterocycles. The number of carbonyl (C=O) groups excluding carboxylic acids is 1. The number of hydrogen-bond acceptors (Lipinski definition) is 5. The van der Waals surface area contributed by atoms with Gasteiger partial charge in [0.1, 0.15) is 11.6 Å². The minimum absolute atomic E-state index is 0.194. The number of piperidine rings is 1. The Morgan fingerprint density at radius 3 is 2.86 bits per heavy atom. The van der Waals surface area contributed by atoms with Crippen molar-refractivity contribution in [3.8, 4) is 29.5 Å². The van der Waals surface area contributed by atoms with Crippen molar-refractivity contribution in [2.24, 2.45) is 0 Å². The minimum atomic E-state index is 0.194. The molecule has 0 aliphatic carbocycles. The van der Waals surface area contributed by atoms with Gasteiger partial charge >= 0.3 is 0 Å². The van der Waals surface area contributed by atoms with Gasteiger partial charge in [0.25, 0.3) is 0 Å². The summed E-state index contributed by atoms with van der Waals surface area (Å²) in [6.07, 6.45) is 11.0. The van der Waals surface area contributed by atoms with Gasteiger partial charge in [-0.25, -0.2) is 9.97 Å². The maximum absolute atomic E-state index is 12.5. The predicted octanol–water partition coefficient (Wildman–Crippen LogP) is 3.38. The first kappa shape index (κ1) is 20.7. The van der Waals surface area contributed by atoms with E-state index in [-0.39, 0.29) is 11.9 Å². The molecular weight excluding hydrogens is 364 g/mol. The Balaban J connectivity index is 1.68. The summed E-state index contributed by atoms with van der Waals surface area (Å²) < 4.78 is 5.22. The standard InChI is InChI=1S/C23H28N4O2/c1-4-5-6-9-22(28)27-16-7-8-19(17-27)26(2)21-14-15-24-23(25-21)18-10-12-20(29-3)13-11-18/h1,10-15,19H,5-9,16-17H2,2-3H3. The monoisotopic (exact) mass is 392 g/mol. The molecule has 1 saturated heterocycles. The van der Waals surface area contributed by atoms with Crippen LogP contribution in [0.25, 0.3) is 11.4 Å². The van der Waals surface area contributed by atoms with E-state index in [0.29, 0.717) is 25.2 Å². The molecule has 1 fully saturated rings. The van der Waals surface area contributed by atoms with Crippen molar-refractivity contribution in [3.63, 3.8) is 0 Å². The number of rotatable bonds is 7. The lowest BCUT2D eigenvalue weighted by Gasteiger charge is -2.38. The Bertz CT molecular complexity index is 860. The largest absolute Gasteiger partial charge is 0.497 e. The van der Waals surface area contributed by atoms with Crippen molar-refractivity contribution in [2.75, 3.05) is 32.1 Å². The number of likely N-dealkylation sites (tertiary alicyclic amines) is 1. The van der Waals surface area contributed by atoms with E-state index in [2.05, 4.69) is 15.8 Å². The van der Waals surface area contributed by atoms with E-state index in [1.54, 1.807) is 13.3 Å². The van der Waals surface area contributed by atoms with Crippen LogP contribution in [0.3, 0.4) is 0 Å². The molecule has 0 radical (unpaired) electrons. The molecule has 1 atom stereocenters. The molecule has 0 saturated carbocycles. The van der Waals surface area contributed by atoms with Crippen LogP contribution in [0.5, 0.6) is 5.75 Å². The average molecular weight is 393 g/mol. The second kappa shape index (κ2) is 9.92. The van der Waals surface area contributed by atoms with Crippen LogP contribution in [0.2, 0.25) is 0 Å². The van der Waals surface area contributed by atoms with Crippen LogP contribution in [0, 0.1) is 12.3 Å². The third-order valence-corrected chi connectivity index (χ3v) is 5.36. The number of carbonyl (C=O) groups is 1. The first-order chi connectivity index (χ1) is 14.1. The number of anilines is 1. The van der Waals surface area contributed by atoms with Crippen LogP contribution >= 0.6 is 0 Å². The topological polar surface area (TPSA) is 58.6 Å². The number of likely N-dealkylation sites (N-methyl/N-ethyl adjacent to an activating group) is 1. The number of hydrogen-bond donors (Lipinski definition) is 0. The molecule has 1 aromatic carbocycles. The van der Waals surface area contributed by atoms with Crippen LogP contribution in [0.4, 0.5) is 5.82 Å². The van der Waals surface area contributed by atoms with Gasteiger partial charge in [-0.3, -0.25) is 4.79 Å². The summed E-state index contributed by atoms with van der Waals surface area (Å²) in [5.74, 6) is 5.13. The van der Waals surface area contributed by atoms with Gasteiger partial charge in [-0.1, -0.05) is 0 Å². The van der Waals surface area contributed by atoms with Crippen LogP contribution in [-0.4, -0.2) is 54.1 Å². The number of terminal acetylenes is 1. The SMILES string of the molecule is C#CCCCC(=O)N1CCCC(N(C)c2ccnc(-c3ccc(OC)cc3)n2)C1. The fourth-order valence-electron chi connectivity index (χ4n) is 3.61. The zero-order valence-corrected chi connectivity index (χ0v) is 17.2. The van der Waals surface area contributed by atoms with Gasteiger partial charge in [-0.15, -0.1) is 12.3 Å². The van der Waals surface area contributed by atoms with Crippen LogP contribution in [-0.2, 0) is 4.79 Å². The second-order valence-corrected chi connectivity index (χ2v) is 7.27. The number of aromatic nitrogens is 2. The number of benzene rings is 1. The van der Waals surface area contributed by atoms with Gasteiger partial charge in [-0.05, 0) is 49.6 Å².